The van der Waals surface area contributed by atoms with Gasteiger partial charge in [-0.05, 0) is 41.8 Å². The first-order valence-electron chi connectivity index (χ1n) is 9.62. The molecule has 0 spiro atoms. The molecule has 0 bridgehead atoms. The summed E-state index contributed by atoms with van der Waals surface area (Å²) in [5.74, 6) is -0.568. The van der Waals surface area contributed by atoms with Gasteiger partial charge in [0.15, 0.2) is 0 Å². The monoisotopic (exact) mass is 453 g/mol. The minimum atomic E-state index is -0.309. The average molecular weight is 454 g/mol. The zero-order valence-electron chi connectivity index (χ0n) is 16.9. The summed E-state index contributed by atoms with van der Waals surface area (Å²) in [6.45, 7) is 1.66. The van der Waals surface area contributed by atoms with E-state index in [-0.39, 0.29) is 24.7 Å². The summed E-state index contributed by atoms with van der Waals surface area (Å²) in [4.78, 5) is 24.3. The van der Waals surface area contributed by atoms with Gasteiger partial charge >= 0.3 is 0 Å². The minimum Gasteiger partial charge on any atom is -0.324 e. The van der Waals surface area contributed by atoms with Gasteiger partial charge in [-0.1, -0.05) is 77.8 Å². The molecule has 0 fully saturated rings. The van der Waals surface area contributed by atoms with Crippen LogP contribution in [0, 0.1) is 0 Å². The highest BCUT2D eigenvalue weighted by Crippen LogP contribution is 2.25. The fourth-order valence-corrected chi connectivity index (χ4v) is 3.22. The normalized spacial score (nSPS) is 11.1. The molecule has 0 saturated heterocycles. The highest BCUT2D eigenvalue weighted by molar-refractivity contribution is 6.35. The molecule has 0 aromatic heterocycles. The Bertz CT molecular complexity index is 1100. The molecule has 5 nitrogen and oxygen atoms in total. The molecule has 3 aromatic carbocycles. The number of hydrazone groups is 1. The Labute approximate surface area is 191 Å². The van der Waals surface area contributed by atoms with Crippen LogP contribution in [0.25, 0.3) is 11.1 Å². The number of nitrogens with zero attached hydrogens (tertiary/aromatic N) is 1. The van der Waals surface area contributed by atoms with Crippen molar-refractivity contribution in [2.45, 2.75) is 19.8 Å². The second kappa shape index (κ2) is 10.8. The lowest BCUT2D eigenvalue weighted by Gasteiger charge is -2.08. The molecule has 0 aliphatic heterocycles. The molecule has 0 atom stereocenters. The van der Waals surface area contributed by atoms with Crippen LogP contribution in [0.15, 0.2) is 77.9 Å². The molecule has 0 aliphatic rings. The van der Waals surface area contributed by atoms with E-state index in [1.165, 1.54) is 0 Å². The van der Waals surface area contributed by atoms with Crippen LogP contribution in [-0.2, 0) is 16.0 Å². The smallest absolute Gasteiger partial charge is 0.244 e. The number of benzene rings is 3. The molecular weight excluding hydrogens is 433 g/mol. The fraction of sp³-hybridized carbons (Fsp3) is 0.125. The molecule has 0 radical (unpaired) electrons. The van der Waals surface area contributed by atoms with Gasteiger partial charge in [0.25, 0.3) is 0 Å². The van der Waals surface area contributed by atoms with Crippen molar-refractivity contribution in [1.82, 2.24) is 5.43 Å². The molecule has 0 unspecified atom stereocenters. The lowest BCUT2D eigenvalue weighted by atomic mass is 10.0. The van der Waals surface area contributed by atoms with Crippen LogP contribution in [0.5, 0.6) is 0 Å². The molecule has 2 N–H and O–H groups in total. The summed E-state index contributed by atoms with van der Waals surface area (Å²) in [7, 11) is 0. The number of anilines is 1. The largest absolute Gasteiger partial charge is 0.324 e. The second-order valence-corrected chi connectivity index (χ2v) is 7.81. The van der Waals surface area contributed by atoms with Crippen LogP contribution in [0.2, 0.25) is 10.0 Å². The number of halogens is 2. The Kier molecular flexibility index (Phi) is 7.82. The third kappa shape index (κ3) is 6.95. The van der Waals surface area contributed by atoms with E-state index in [4.69, 9.17) is 23.2 Å². The van der Waals surface area contributed by atoms with Gasteiger partial charge in [0.2, 0.25) is 11.8 Å². The highest BCUT2D eigenvalue weighted by Gasteiger charge is 2.09. The molecule has 3 rings (SSSR count). The van der Waals surface area contributed by atoms with E-state index in [0.29, 0.717) is 21.4 Å². The number of hydrogen-bond acceptors (Lipinski definition) is 3. The summed E-state index contributed by atoms with van der Waals surface area (Å²) in [5, 5.41) is 7.54. The SMILES string of the molecule is C/C(CC(=O)Nc1cc(Cl)ccc1Cl)=N\NC(=O)Cc1ccc(-c2ccccc2)cc1. The minimum absolute atomic E-state index is 0.00882. The quantitative estimate of drug-likeness (QED) is 0.354. The molecule has 7 heteroatoms. The maximum absolute atomic E-state index is 12.2. The first-order valence-corrected chi connectivity index (χ1v) is 10.4. The van der Waals surface area contributed by atoms with E-state index in [1.54, 1.807) is 25.1 Å². The average Bonchev–Trinajstić information content (AvgIpc) is 2.76. The molecule has 2 amide bonds. The van der Waals surface area contributed by atoms with Crippen LogP contribution < -0.4 is 10.7 Å². The maximum Gasteiger partial charge on any atom is 0.244 e. The number of carbonyl (C=O) groups is 2. The molecule has 3 aromatic rings. The van der Waals surface area contributed by atoms with Crippen molar-refractivity contribution in [1.29, 1.82) is 0 Å². The molecule has 31 heavy (non-hydrogen) atoms. The van der Waals surface area contributed by atoms with Crippen molar-refractivity contribution in [2.24, 2.45) is 5.10 Å². The Hall–Kier alpha value is -3.15. The van der Waals surface area contributed by atoms with E-state index >= 15 is 0 Å². The van der Waals surface area contributed by atoms with Gasteiger partial charge in [0.1, 0.15) is 0 Å². The van der Waals surface area contributed by atoms with Gasteiger partial charge in [0, 0.05) is 10.7 Å². The summed E-state index contributed by atoms with van der Waals surface area (Å²) in [6.07, 6.45) is 0.199. The third-order valence-corrected chi connectivity index (χ3v) is 4.98. The third-order valence-electron chi connectivity index (χ3n) is 4.42. The predicted molar refractivity (Wildman–Crippen MR) is 127 cm³/mol. The van der Waals surface area contributed by atoms with Crippen molar-refractivity contribution in [2.75, 3.05) is 5.32 Å². The van der Waals surface area contributed by atoms with Gasteiger partial charge in [-0.2, -0.15) is 5.10 Å². The van der Waals surface area contributed by atoms with Gasteiger partial charge in [-0.15, -0.1) is 0 Å². The van der Waals surface area contributed by atoms with Crippen molar-refractivity contribution in [3.05, 3.63) is 88.4 Å². The number of rotatable bonds is 7. The van der Waals surface area contributed by atoms with Crippen molar-refractivity contribution in [3.8, 4) is 11.1 Å². The van der Waals surface area contributed by atoms with Crippen LogP contribution >= 0.6 is 23.2 Å². The van der Waals surface area contributed by atoms with Gasteiger partial charge in [0.05, 0.1) is 23.6 Å². The van der Waals surface area contributed by atoms with Crippen LogP contribution in [0.3, 0.4) is 0 Å². The topological polar surface area (TPSA) is 70.6 Å². The standard InChI is InChI=1S/C24H21Cl2N3O2/c1-16(13-23(30)27-22-15-20(25)11-12-21(22)26)28-29-24(31)14-17-7-9-19(10-8-17)18-5-3-2-4-6-18/h2-12,15H,13-14H2,1H3,(H,27,30)(H,29,31)/b28-16+. The Morgan fingerprint density at radius 1 is 0.871 bits per heavy atom. The zero-order valence-corrected chi connectivity index (χ0v) is 18.4. The van der Waals surface area contributed by atoms with E-state index in [1.807, 2.05) is 54.6 Å². The van der Waals surface area contributed by atoms with Crippen LogP contribution in [-0.4, -0.2) is 17.5 Å². The van der Waals surface area contributed by atoms with Gasteiger partial charge in [-0.3, -0.25) is 9.59 Å². The van der Waals surface area contributed by atoms with E-state index in [0.717, 1.165) is 16.7 Å². The summed E-state index contributed by atoms with van der Waals surface area (Å²) >= 11 is 12.0. The highest BCUT2D eigenvalue weighted by atomic mass is 35.5. The van der Waals surface area contributed by atoms with E-state index in [9.17, 15) is 9.59 Å². The molecule has 158 valence electrons. The summed E-state index contributed by atoms with van der Waals surface area (Å²) < 4.78 is 0. The van der Waals surface area contributed by atoms with Crippen LogP contribution in [0.1, 0.15) is 18.9 Å². The summed E-state index contributed by atoms with van der Waals surface area (Å²) in [6, 6.07) is 22.6. The number of hydrogen-bond donors (Lipinski definition) is 2. The van der Waals surface area contributed by atoms with E-state index < -0.39 is 0 Å². The fourth-order valence-electron chi connectivity index (χ4n) is 2.89. The van der Waals surface area contributed by atoms with Crippen molar-refractivity contribution >= 4 is 46.4 Å². The molecule has 0 heterocycles. The lowest BCUT2D eigenvalue weighted by molar-refractivity contribution is -0.120. The van der Waals surface area contributed by atoms with E-state index in [2.05, 4.69) is 15.8 Å². The first-order chi connectivity index (χ1) is 14.9. The number of carbonyl (C=O) groups excluding carboxylic acids is 2. The van der Waals surface area contributed by atoms with Gasteiger partial charge < -0.3 is 5.32 Å². The van der Waals surface area contributed by atoms with Crippen molar-refractivity contribution < 1.29 is 9.59 Å². The van der Waals surface area contributed by atoms with Gasteiger partial charge in [-0.25, -0.2) is 5.43 Å². The zero-order chi connectivity index (χ0) is 22.2. The second-order valence-electron chi connectivity index (χ2n) is 6.97. The Morgan fingerprint density at radius 3 is 2.26 bits per heavy atom. The molecule has 0 aliphatic carbocycles. The maximum atomic E-state index is 12.2. The lowest BCUT2D eigenvalue weighted by Crippen LogP contribution is -2.23. The molecule has 0 saturated carbocycles. The first kappa shape index (κ1) is 22.5. The molecular formula is C24H21Cl2N3O2. The predicted octanol–water partition coefficient (Wildman–Crippen LogP) is 5.72. The number of nitrogens with one attached hydrogen (secondary N) is 2. The Morgan fingerprint density at radius 2 is 1.55 bits per heavy atom. The van der Waals surface area contributed by atoms with Crippen LogP contribution in [0.4, 0.5) is 5.69 Å². The number of amides is 2. The Balaban J connectivity index is 1.50. The van der Waals surface area contributed by atoms with Crippen molar-refractivity contribution in [3.63, 3.8) is 0 Å². The summed E-state index contributed by atoms with van der Waals surface area (Å²) in [5.41, 5.74) is 6.46.